The Morgan fingerprint density at radius 3 is 2.80 bits per heavy atom. The first-order valence-electron chi connectivity index (χ1n) is 9.46. The van der Waals surface area contributed by atoms with Crippen molar-refractivity contribution in [3.05, 3.63) is 22.3 Å². The van der Waals surface area contributed by atoms with Gasteiger partial charge in [0.15, 0.2) is 0 Å². The Balaban J connectivity index is 1.88. The fraction of sp³-hybridized carbons (Fsp3) is 0.684. The number of carbonyl (C=O) groups excluding carboxylic acids is 1. The van der Waals surface area contributed by atoms with Crippen LogP contribution in [-0.2, 0) is 4.74 Å². The standard InChI is InChI=1S/C19H30BrN3O2/c1-3-15(23-16-8-6-5-7-9-16)10-11-21-18-17(19(24)25-4-2)12-14(20)13-22-18/h12-13,15-16,23H,3-11H2,1-2H3,(H,21,22). The Labute approximate surface area is 159 Å². The number of ether oxygens (including phenoxy) is 1. The van der Waals surface area contributed by atoms with Gasteiger partial charge in [0.25, 0.3) is 0 Å². The van der Waals surface area contributed by atoms with Crippen LogP contribution in [0, 0.1) is 0 Å². The summed E-state index contributed by atoms with van der Waals surface area (Å²) in [5.74, 6) is 0.250. The Morgan fingerprint density at radius 1 is 1.36 bits per heavy atom. The second-order valence-electron chi connectivity index (χ2n) is 6.59. The number of carbonyl (C=O) groups is 1. The molecule has 0 saturated heterocycles. The molecule has 2 rings (SSSR count). The van der Waals surface area contributed by atoms with Crippen LogP contribution in [-0.4, -0.2) is 36.2 Å². The summed E-state index contributed by atoms with van der Waals surface area (Å²) in [4.78, 5) is 16.4. The van der Waals surface area contributed by atoms with Crippen LogP contribution in [0.4, 0.5) is 5.82 Å². The minimum atomic E-state index is -0.342. The zero-order valence-electron chi connectivity index (χ0n) is 15.3. The second-order valence-corrected chi connectivity index (χ2v) is 7.51. The van der Waals surface area contributed by atoms with Crippen molar-refractivity contribution >= 4 is 27.7 Å². The molecule has 6 heteroatoms. The van der Waals surface area contributed by atoms with Crippen molar-refractivity contribution in [2.75, 3.05) is 18.5 Å². The minimum absolute atomic E-state index is 0.342. The molecule has 1 aromatic heterocycles. The highest BCUT2D eigenvalue weighted by Gasteiger charge is 2.18. The maximum Gasteiger partial charge on any atom is 0.341 e. The quantitative estimate of drug-likeness (QED) is 0.584. The van der Waals surface area contributed by atoms with Crippen LogP contribution in [0.25, 0.3) is 0 Å². The predicted octanol–water partition coefficient (Wildman–Crippen LogP) is 4.52. The van der Waals surface area contributed by atoms with E-state index in [1.165, 1.54) is 32.1 Å². The summed E-state index contributed by atoms with van der Waals surface area (Å²) >= 11 is 3.37. The molecule has 25 heavy (non-hydrogen) atoms. The smallest absolute Gasteiger partial charge is 0.341 e. The second kappa shape index (κ2) is 10.8. The summed E-state index contributed by atoms with van der Waals surface area (Å²) < 4.78 is 5.89. The van der Waals surface area contributed by atoms with Crippen molar-refractivity contribution in [1.29, 1.82) is 0 Å². The SMILES string of the molecule is CCOC(=O)c1cc(Br)cnc1NCCC(CC)NC1CCCCC1. The van der Waals surface area contributed by atoms with Crippen LogP contribution in [0.15, 0.2) is 16.7 Å². The van der Waals surface area contributed by atoms with Gasteiger partial charge in [0.05, 0.1) is 6.61 Å². The number of halogens is 1. The lowest BCUT2D eigenvalue weighted by Gasteiger charge is -2.28. The van der Waals surface area contributed by atoms with E-state index in [1.807, 2.05) is 0 Å². The zero-order valence-corrected chi connectivity index (χ0v) is 16.9. The molecular weight excluding hydrogens is 382 g/mol. The molecule has 0 amide bonds. The maximum atomic E-state index is 12.1. The Kier molecular flexibility index (Phi) is 8.68. The van der Waals surface area contributed by atoms with Crippen LogP contribution < -0.4 is 10.6 Å². The number of rotatable bonds is 9. The molecule has 1 atom stereocenters. The van der Waals surface area contributed by atoms with Crippen molar-refractivity contribution < 1.29 is 9.53 Å². The highest BCUT2D eigenvalue weighted by Crippen LogP contribution is 2.20. The first-order chi connectivity index (χ1) is 12.1. The molecular formula is C19H30BrN3O2. The van der Waals surface area contributed by atoms with E-state index in [1.54, 1.807) is 19.2 Å². The number of hydrogen-bond donors (Lipinski definition) is 2. The third-order valence-electron chi connectivity index (χ3n) is 4.70. The van der Waals surface area contributed by atoms with E-state index >= 15 is 0 Å². The van der Waals surface area contributed by atoms with Gasteiger partial charge in [0.1, 0.15) is 11.4 Å². The van der Waals surface area contributed by atoms with Crippen LogP contribution >= 0.6 is 15.9 Å². The summed E-state index contributed by atoms with van der Waals surface area (Å²) in [5.41, 5.74) is 0.476. The lowest BCUT2D eigenvalue weighted by molar-refractivity contribution is 0.0527. The largest absolute Gasteiger partial charge is 0.462 e. The summed E-state index contributed by atoms with van der Waals surface area (Å²) in [6.45, 7) is 5.16. The van der Waals surface area contributed by atoms with Crippen molar-refractivity contribution in [3.8, 4) is 0 Å². The van der Waals surface area contributed by atoms with E-state index in [-0.39, 0.29) is 5.97 Å². The van der Waals surface area contributed by atoms with Gasteiger partial charge < -0.3 is 15.4 Å². The van der Waals surface area contributed by atoms with E-state index in [2.05, 4.69) is 38.5 Å². The highest BCUT2D eigenvalue weighted by molar-refractivity contribution is 9.10. The summed E-state index contributed by atoms with van der Waals surface area (Å²) in [7, 11) is 0. The van der Waals surface area contributed by atoms with Gasteiger partial charge in [0.2, 0.25) is 0 Å². The molecule has 5 nitrogen and oxygen atoms in total. The number of hydrogen-bond acceptors (Lipinski definition) is 5. The number of nitrogens with one attached hydrogen (secondary N) is 2. The van der Waals surface area contributed by atoms with Crippen molar-refractivity contribution in [1.82, 2.24) is 10.3 Å². The fourth-order valence-electron chi connectivity index (χ4n) is 3.32. The molecule has 1 aliphatic carbocycles. The summed E-state index contributed by atoms with van der Waals surface area (Å²) in [6, 6.07) is 2.92. The van der Waals surface area contributed by atoms with E-state index in [0.717, 1.165) is 23.9 Å². The molecule has 1 unspecified atom stereocenters. The van der Waals surface area contributed by atoms with Gasteiger partial charge in [-0.25, -0.2) is 9.78 Å². The number of esters is 1. The van der Waals surface area contributed by atoms with E-state index in [9.17, 15) is 4.79 Å². The first kappa shape index (κ1) is 20.2. The first-order valence-corrected chi connectivity index (χ1v) is 10.3. The average molecular weight is 412 g/mol. The van der Waals surface area contributed by atoms with Gasteiger partial charge in [-0.1, -0.05) is 26.2 Å². The Morgan fingerprint density at radius 2 is 2.12 bits per heavy atom. The molecule has 2 N–H and O–H groups in total. The lowest BCUT2D eigenvalue weighted by Crippen LogP contribution is -2.40. The fourth-order valence-corrected chi connectivity index (χ4v) is 3.65. The monoisotopic (exact) mass is 411 g/mol. The molecule has 1 saturated carbocycles. The van der Waals surface area contributed by atoms with Crippen LogP contribution in [0.1, 0.15) is 69.2 Å². The molecule has 1 fully saturated rings. The highest BCUT2D eigenvalue weighted by atomic mass is 79.9. The molecule has 1 aromatic rings. The van der Waals surface area contributed by atoms with Gasteiger partial charge >= 0.3 is 5.97 Å². The molecule has 1 heterocycles. The van der Waals surface area contributed by atoms with E-state index < -0.39 is 0 Å². The zero-order chi connectivity index (χ0) is 18.1. The van der Waals surface area contributed by atoms with Gasteiger partial charge in [-0.2, -0.15) is 0 Å². The molecule has 0 bridgehead atoms. The van der Waals surface area contributed by atoms with Crippen molar-refractivity contribution in [2.45, 2.75) is 70.9 Å². The predicted molar refractivity (Wildman–Crippen MR) is 105 cm³/mol. The molecule has 0 aromatic carbocycles. The minimum Gasteiger partial charge on any atom is -0.462 e. The van der Waals surface area contributed by atoms with Gasteiger partial charge in [-0.15, -0.1) is 0 Å². The molecule has 140 valence electrons. The number of aromatic nitrogens is 1. The van der Waals surface area contributed by atoms with E-state index in [4.69, 9.17) is 4.74 Å². The molecule has 0 spiro atoms. The Hall–Kier alpha value is -1.14. The average Bonchev–Trinajstić information content (AvgIpc) is 2.63. The number of nitrogens with zero attached hydrogens (tertiary/aromatic N) is 1. The normalized spacial score (nSPS) is 16.4. The topological polar surface area (TPSA) is 63.2 Å². The summed E-state index contributed by atoms with van der Waals surface area (Å²) in [5, 5.41) is 7.11. The molecule has 0 aliphatic heterocycles. The maximum absolute atomic E-state index is 12.1. The third kappa shape index (κ3) is 6.59. The lowest BCUT2D eigenvalue weighted by atomic mass is 9.94. The van der Waals surface area contributed by atoms with Crippen LogP contribution in [0.5, 0.6) is 0 Å². The van der Waals surface area contributed by atoms with E-state index in [0.29, 0.717) is 30.1 Å². The third-order valence-corrected chi connectivity index (χ3v) is 5.14. The van der Waals surface area contributed by atoms with Crippen LogP contribution in [0.3, 0.4) is 0 Å². The molecule has 0 radical (unpaired) electrons. The summed E-state index contributed by atoms with van der Waals surface area (Å²) in [6.07, 6.45) is 10.5. The van der Waals surface area contributed by atoms with Crippen LogP contribution in [0.2, 0.25) is 0 Å². The van der Waals surface area contributed by atoms with Gasteiger partial charge in [-0.05, 0) is 54.6 Å². The number of pyridine rings is 1. The Bertz CT molecular complexity index is 547. The van der Waals surface area contributed by atoms with Crippen molar-refractivity contribution in [3.63, 3.8) is 0 Å². The van der Waals surface area contributed by atoms with Crippen molar-refractivity contribution in [2.24, 2.45) is 0 Å². The van der Waals surface area contributed by atoms with Gasteiger partial charge in [0, 0.05) is 29.3 Å². The van der Waals surface area contributed by atoms with Gasteiger partial charge in [-0.3, -0.25) is 0 Å². The number of anilines is 1. The molecule has 1 aliphatic rings.